The largest absolute Gasteiger partial charge is 0.384 e. The molecule has 1 aromatic heterocycles. The molecule has 4 nitrogen and oxygen atoms in total. The number of piperidine rings is 1. The molecule has 0 aromatic carbocycles. The fraction of sp³-hybridized carbons (Fsp3) is 0.688. The van der Waals surface area contributed by atoms with E-state index in [1.807, 2.05) is 0 Å². The Balaban J connectivity index is 1.94. The third-order valence-corrected chi connectivity index (χ3v) is 5.17. The lowest BCUT2D eigenvalue weighted by atomic mass is 9.78. The number of hydrogen-bond acceptors (Lipinski definition) is 4. The van der Waals surface area contributed by atoms with E-state index in [9.17, 15) is 4.79 Å². The summed E-state index contributed by atoms with van der Waals surface area (Å²) in [4.78, 5) is 15.3. The van der Waals surface area contributed by atoms with Crippen molar-refractivity contribution < 1.29 is 9.53 Å². The molecule has 1 aliphatic heterocycles. The second kappa shape index (κ2) is 7.38. The molecule has 1 aromatic rings. The summed E-state index contributed by atoms with van der Waals surface area (Å²) in [6.45, 7) is 6.46. The highest BCUT2D eigenvalue weighted by atomic mass is 32.1. The average molecular weight is 310 g/mol. The first-order valence-corrected chi connectivity index (χ1v) is 8.43. The number of amides is 1. The van der Waals surface area contributed by atoms with Gasteiger partial charge in [-0.2, -0.15) is 0 Å². The first kappa shape index (κ1) is 16.5. The van der Waals surface area contributed by atoms with Crippen molar-refractivity contribution >= 4 is 17.2 Å². The molecule has 1 aliphatic rings. The van der Waals surface area contributed by atoms with Gasteiger partial charge in [-0.25, -0.2) is 0 Å². The minimum absolute atomic E-state index is 0.145. The van der Waals surface area contributed by atoms with E-state index in [4.69, 9.17) is 4.74 Å². The number of hydrogen-bond donors (Lipinski definition) is 2. The van der Waals surface area contributed by atoms with Crippen molar-refractivity contribution in [2.45, 2.75) is 39.2 Å². The van der Waals surface area contributed by atoms with E-state index in [0.717, 1.165) is 32.4 Å². The molecule has 0 saturated carbocycles. The van der Waals surface area contributed by atoms with Gasteiger partial charge >= 0.3 is 0 Å². The van der Waals surface area contributed by atoms with Gasteiger partial charge in [0.1, 0.15) is 0 Å². The Labute approximate surface area is 131 Å². The van der Waals surface area contributed by atoms with Gasteiger partial charge in [0.25, 0.3) is 0 Å². The fourth-order valence-corrected chi connectivity index (χ4v) is 3.96. The maximum atomic E-state index is 12.7. The quantitative estimate of drug-likeness (QED) is 0.846. The predicted molar refractivity (Wildman–Crippen MR) is 86.8 cm³/mol. The topological polar surface area (TPSA) is 50.4 Å². The summed E-state index contributed by atoms with van der Waals surface area (Å²) in [6, 6.07) is 4.44. The van der Waals surface area contributed by atoms with E-state index in [1.165, 1.54) is 9.75 Å². The van der Waals surface area contributed by atoms with E-state index in [1.54, 1.807) is 18.4 Å². The molecule has 1 amide bonds. The Kier molecular flexibility index (Phi) is 5.79. The summed E-state index contributed by atoms with van der Waals surface area (Å²) in [7, 11) is 1.68. The van der Waals surface area contributed by atoms with Crippen molar-refractivity contribution in [3.63, 3.8) is 0 Å². The Morgan fingerprint density at radius 3 is 2.76 bits per heavy atom. The highest BCUT2D eigenvalue weighted by Crippen LogP contribution is 2.29. The van der Waals surface area contributed by atoms with Crippen molar-refractivity contribution in [1.82, 2.24) is 10.6 Å². The van der Waals surface area contributed by atoms with Gasteiger partial charge in [-0.15, -0.1) is 11.3 Å². The third kappa shape index (κ3) is 4.28. The van der Waals surface area contributed by atoms with Crippen LogP contribution >= 0.6 is 11.3 Å². The molecule has 2 N–H and O–H groups in total. The van der Waals surface area contributed by atoms with Crippen LogP contribution in [0, 0.1) is 12.3 Å². The maximum absolute atomic E-state index is 12.7. The normalized spacial score (nSPS) is 19.2. The zero-order valence-electron chi connectivity index (χ0n) is 13.2. The summed E-state index contributed by atoms with van der Waals surface area (Å²) >= 11 is 1.80. The minimum atomic E-state index is -0.361. The minimum Gasteiger partial charge on any atom is -0.384 e. The van der Waals surface area contributed by atoms with Crippen LogP contribution in [0.2, 0.25) is 0 Å². The molecule has 0 radical (unpaired) electrons. The second-order valence-corrected chi connectivity index (χ2v) is 7.43. The summed E-state index contributed by atoms with van der Waals surface area (Å²) in [5.41, 5.74) is -0.361. The molecular formula is C16H26N2O2S. The standard InChI is InChI=1S/C16H26N2O2S/c1-12(10-14-5-4-13(2)21-14)18-15(19)16(11-20-3)6-8-17-9-7-16/h4-5,12,17H,6-11H2,1-3H3,(H,18,19). The van der Waals surface area contributed by atoms with Gasteiger partial charge in [0.15, 0.2) is 0 Å². The average Bonchev–Trinajstić information content (AvgIpc) is 2.85. The van der Waals surface area contributed by atoms with Crippen molar-refractivity contribution in [1.29, 1.82) is 0 Å². The van der Waals surface area contributed by atoms with E-state index < -0.39 is 0 Å². The van der Waals surface area contributed by atoms with Crippen LogP contribution in [0.5, 0.6) is 0 Å². The molecule has 2 heterocycles. The van der Waals surface area contributed by atoms with Gasteiger partial charge in [-0.1, -0.05) is 0 Å². The molecule has 118 valence electrons. The molecule has 0 bridgehead atoms. The second-order valence-electron chi connectivity index (χ2n) is 6.05. The monoisotopic (exact) mass is 310 g/mol. The lowest BCUT2D eigenvalue weighted by Crippen LogP contribution is -2.52. The van der Waals surface area contributed by atoms with E-state index in [-0.39, 0.29) is 17.4 Å². The number of methoxy groups -OCH3 is 1. The van der Waals surface area contributed by atoms with E-state index in [0.29, 0.717) is 6.61 Å². The number of rotatable bonds is 6. The number of nitrogens with one attached hydrogen (secondary N) is 2. The number of carbonyl (C=O) groups is 1. The van der Waals surface area contributed by atoms with Crippen molar-refractivity contribution in [2.75, 3.05) is 26.8 Å². The van der Waals surface area contributed by atoms with Gasteiger partial charge in [0.2, 0.25) is 5.91 Å². The van der Waals surface area contributed by atoms with Crippen LogP contribution in [0.25, 0.3) is 0 Å². The van der Waals surface area contributed by atoms with Crippen molar-refractivity contribution in [3.8, 4) is 0 Å². The number of ether oxygens (including phenoxy) is 1. The molecule has 1 fully saturated rings. The van der Waals surface area contributed by atoms with Crippen LogP contribution in [0.4, 0.5) is 0 Å². The van der Waals surface area contributed by atoms with Gasteiger partial charge in [0, 0.05) is 29.3 Å². The summed E-state index contributed by atoms with van der Waals surface area (Å²) in [5, 5.41) is 6.51. The molecule has 5 heteroatoms. The Morgan fingerprint density at radius 2 is 2.19 bits per heavy atom. The molecule has 0 spiro atoms. The first-order valence-electron chi connectivity index (χ1n) is 7.62. The van der Waals surface area contributed by atoms with E-state index in [2.05, 4.69) is 36.6 Å². The van der Waals surface area contributed by atoms with Crippen LogP contribution in [0.3, 0.4) is 0 Å². The van der Waals surface area contributed by atoms with Crippen molar-refractivity contribution in [3.05, 3.63) is 21.9 Å². The molecule has 1 atom stereocenters. The van der Waals surface area contributed by atoms with E-state index >= 15 is 0 Å². The zero-order chi connectivity index (χ0) is 15.3. The summed E-state index contributed by atoms with van der Waals surface area (Å²) in [5.74, 6) is 0.145. The molecule has 1 unspecified atom stereocenters. The van der Waals surface area contributed by atoms with Gasteiger partial charge in [-0.3, -0.25) is 4.79 Å². The smallest absolute Gasteiger partial charge is 0.228 e. The fourth-order valence-electron chi connectivity index (χ4n) is 2.94. The molecule has 21 heavy (non-hydrogen) atoms. The molecule has 0 aliphatic carbocycles. The number of aryl methyl sites for hydroxylation is 1. The van der Waals surface area contributed by atoms with Gasteiger partial charge in [-0.05, 0) is 51.9 Å². The predicted octanol–water partition coefficient (Wildman–Crippen LogP) is 2.12. The first-order chi connectivity index (χ1) is 10.1. The number of thiophene rings is 1. The lowest BCUT2D eigenvalue weighted by Gasteiger charge is -2.36. The lowest BCUT2D eigenvalue weighted by molar-refractivity contribution is -0.136. The van der Waals surface area contributed by atoms with Crippen LogP contribution in [-0.4, -0.2) is 38.8 Å². The maximum Gasteiger partial charge on any atom is 0.228 e. The Morgan fingerprint density at radius 1 is 1.48 bits per heavy atom. The van der Waals surface area contributed by atoms with Crippen LogP contribution in [-0.2, 0) is 16.0 Å². The molecule has 2 rings (SSSR count). The van der Waals surface area contributed by atoms with Crippen LogP contribution in [0.15, 0.2) is 12.1 Å². The van der Waals surface area contributed by atoms with Gasteiger partial charge < -0.3 is 15.4 Å². The highest BCUT2D eigenvalue weighted by molar-refractivity contribution is 7.11. The van der Waals surface area contributed by atoms with Crippen molar-refractivity contribution in [2.24, 2.45) is 5.41 Å². The molecular weight excluding hydrogens is 284 g/mol. The third-order valence-electron chi connectivity index (χ3n) is 4.14. The number of carbonyl (C=O) groups excluding carboxylic acids is 1. The van der Waals surface area contributed by atoms with Crippen LogP contribution in [0.1, 0.15) is 29.5 Å². The zero-order valence-corrected chi connectivity index (χ0v) is 14.0. The Bertz CT molecular complexity index is 461. The highest BCUT2D eigenvalue weighted by Gasteiger charge is 2.39. The van der Waals surface area contributed by atoms with Crippen LogP contribution < -0.4 is 10.6 Å². The Hall–Kier alpha value is -0.910. The summed E-state index contributed by atoms with van der Waals surface area (Å²) in [6.07, 6.45) is 2.58. The summed E-state index contributed by atoms with van der Waals surface area (Å²) < 4.78 is 5.32. The molecule has 1 saturated heterocycles. The SMILES string of the molecule is COCC1(C(=O)NC(C)Cc2ccc(C)s2)CCNCC1. The van der Waals surface area contributed by atoms with Gasteiger partial charge in [0.05, 0.1) is 12.0 Å².